The highest BCUT2D eigenvalue weighted by molar-refractivity contribution is 5.40. The van der Waals surface area contributed by atoms with Gasteiger partial charge in [-0.15, -0.1) is 0 Å². The van der Waals surface area contributed by atoms with Crippen LogP contribution in [0.25, 0.3) is 0 Å². The molecule has 6 nitrogen and oxygen atoms in total. The first-order chi connectivity index (χ1) is 8.24. The van der Waals surface area contributed by atoms with E-state index in [1.54, 1.807) is 13.3 Å². The van der Waals surface area contributed by atoms with E-state index < -0.39 is 0 Å². The summed E-state index contributed by atoms with van der Waals surface area (Å²) in [5.41, 5.74) is 0. The predicted molar refractivity (Wildman–Crippen MR) is 69.6 cm³/mol. The number of rotatable bonds is 8. The number of ether oxygens (including phenoxy) is 1. The monoisotopic (exact) mass is 239 g/mol. The van der Waals surface area contributed by atoms with E-state index in [-0.39, 0.29) is 0 Å². The van der Waals surface area contributed by atoms with Crippen molar-refractivity contribution in [1.29, 1.82) is 0 Å². The molecular formula is C11H21N5O. The van der Waals surface area contributed by atoms with Crippen molar-refractivity contribution in [3.63, 3.8) is 0 Å². The first-order valence-electron chi connectivity index (χ1n) is 5.68. The molecule has 96 valence electrons. The predicted octanol–water partition coefficient (Wildman–Crippen LogP) is 0.191. The Kier molecular flexibility index (Phi) is 6.27. The van der Waals surface area contributed by atoms with E-state index in [4.69, 9.17) is 4.74 Å². The SMILES string of the molecule is COCCNCCNc1ccnc(N(C)C)n1. The topological polar surface area (TPSA) is 62.3 Å². The molecule has 2 N–H and O–H groups in total. The highest BCUT2D eigenvalue weighted by Gasteiger charge is 1.99. The molecule has 0 amide bonds. The summed E-state index contributed by atoms with van der Waals surface area (Å²) < 4.78 is 4.94. The van der Waals surface area contributed by atoms with Crippen LogP contribution in [0, 0.1) is 0 Å². The zero-order valence-corrected chi connectivity index (χ0v) is 10.7. The molecule has 1 heterocycles. The van der Waals surface area contributed by atoms with Crippen molar-refractivity contribution in [3.8, 4) is 0 Å². The average Bonchev–Trinajstić information content (AvgIpc) is 2.34. The molecule has 0 saturated carbocycles. The van der Waals surface area contributed by atoms with Gasteiger partial charge in [-0.3, -0.25) is 0 Å². The van der Waals surface area contributed by atoms with Crippen LogP contribution in [0.1, 0.15) is 0 Å². The number of hydrogen-bond acceptors (Lipinski definition) is 6. The number of hydrogen-bond donors (Lipinski definition) is 2. The van der Waals surface area contributed by atoms with Gasteiger partial charge in [-0.1, -0.05) is 0 Å². The van der Waals surface area contributed by atoms with Crippen LogP contribution in [-0.2, 0) is 4.74 Å². The molecule has 1 rings (SSSR count). The Morgan fingerprint density at radius 3 is 2.82 bits per heavy atom. The molecule has 17 heavy (non-hydrogen) atoms. The lowest BCUT2D eigenvalue weighted by Crippen LogP contribution is -2.25. The fourth-order valence-corrected chi connectivity index (χ4v) is 1.24. The van der Waals surface area contributed by atoms with Gasteiger partial charge in [0, 0.05) is 47.0 Å². The molecule has 0 atom stereocenters. The molecule has 0 saturated heterocycles. The zero-order valence-electron chi connectivity index (χ0n) is 10.7. The quantitative estimate of drug-likeness (QED) is 0.632. The van der Waals surface area contributed by atoms with E-state index in [2.05, 4.69) is 20.6 Å². The molecule has 0 bridgehead atoms. The van der Waals surface area contributed by atoms with Gasteiger partial charge in [0.2, 0.25) is 5.95 Å². The minimum Gasteiger partial charge on any atom is -0.383 e. The Bertz CT molecular complexity index is 318. The van der Waals surface area contributed by atoms with Gasteiger partial charge in [0.1, 0.15) is 5.82 Å². The number of nitrogens with one attached hydrogen (secondary N) is 2. The molecule has 0 radical (unpaired) electrons. The van der Waals surface area contributed by atoms with Crippen LogP contribution in [0.2, 0.25) is 0 Å². The standard InChI is InChI=1S/C11H21N5O/c1-16(2)11-14-5-4-10(15-11)13-7-6-12-8-9-17-3/h4-5,12H,6-9H2,1-3H3,(H,13,14,15). The second-order valence-electron chi connectivity index (χ2n) is 3.81. The summed E-state index contributed by atoms with van der Waals surface area (Å²) in [6.45, 7) is 3.31. The normalized spacial score (nSPS) is 10.3. The lowest BCUT2D eigenvalue weighted by atomic mass is 10.5. The summed E-state index contributed by atoms with van der Waals surface area (Å²) in [7, 11) is 5.54. The Balaban J connectivity index is 2.24. The van der Waals surface area contributed by atoms with E-state index in [1.807, 2.05) is 25.1 Å². The first kappa shape index (κ1) is 13.7. The van der Waals surface area contributed by atoms with Crippen molar-refractivity contribution in [2.45, 2.75) is 0 Å². The van der Waals surface area contributed by atoms with Gasteiger partial charge >= 0.3 is 0 Å². The highest BCUT2D eigenvalue weighted by atomic mass is 16.5. The van der Waals surface area contributed by atoms with Crippen LogP contribution in [0.15, 0.2) is 12.3 Å². The van der Waals surface area contributed by atoms with Crippen molar-refractivity contribution >= 4 is 11.8 Å². The second kappa shape index (κ2) is 7.81. The van der Waals surface area contributed by atoms with E-state index in [1.165, 1.54) is 0 Å². The second-order valence-corrected chi connectivity index (χ2v) is 3.81. The van der Waals surface area contributed by atoms with Crippen LogP contribution < -0.4 is 15.5 Å². The van der Waals surface area contributed by atoms with Gasteiger partial charge in [0.05, 0.1) is 6.61 Å². The molecule has 1 aromatic heterocycles. The maximum Gasteiger partial charge on any atom is 0.226 e. The number of methoxy groups -OCH3 is 1. The van der Waals surface area contributed by atoms with Gasteiger partial charge in [-0.25, -0.2) is 4.98 Å². The largest absolute Gasteiger partial charge is 0.383 e. The number of anilines is 2. The molecule has 1 aromatic rings. The average molecular weight is 239 g/mol. The van der Waals surface area contributed by atoms with E-state index in [0.29, 0.717) is 5.95 Å². The summed E-state index contributed by atoms with van der Waals surface area (Å²) in [5.74, 6) is 1.56. The van der Waals surface area contributed by atoms with Crippen LogP contribution >= 0.6 is 0 Å². The lowest BCUT2D eigenvalue weighted by Gasteiger charge is -2.11. The summed E-state index contributed by atoms with van der Waals surface area (Å²) in [6.07, 6.45) is 1.75. The van der Waals surface area contributed by atoms with Crippen molar-refractivity contribution in [1.82, 2.24) is 15.3 Å². The Morgan fingerprint density at radius 2 is 2.12 bits per heavy atom. The summed E-state index contributed by atoms with van der Waals surface area (Å²) in [5, 5.41) is 6.49. The molecule has 0 aliphatic rings. The molecule has 0 aliphatic carbocycles. The summed E-state index contributed by atoms with van der Waals surface area (Å²) in [4.78, 5) is 10.4. The van der Waals surface area contributed by atoms with Crippen LogP contribution in [-0.4, -0.2) is 57.4 Å². The lowest BCUT2D eigenvalue weighted by molar-refractivity contribution is 0.200. The highest BCUT2D eigenvalue weighted by Crippen LogP contribution is 2.06. The molecule has 0 unspecified atom stereocenters. The maximum atomic E-state index is 4.94. The zero-order chi connectivity index (χ0) is 12.5. The van der Waals surface area contributed by atoms with Crippen molar-refractivity contribution in [2.75, 3.05) is 57.7 Å². The maximum absolute atomic E-state index is 4.94. The van der Waals surface area contributed by atoms with E-state index in [0.717, 1.165) is 32.1 Å². The van der Waals surface area contributed by atoms with E-state index >= 15 is 0 Å². The van der Waals surface area contributed by atoms with Gasteiger partial charge in [-0.05, 0) is 6.07 Å². The Morgan fingerprint density at radius 1 is 1.29 bits per heavy atom. The minimum atomic E-state index is 0.711. The van der Waals surface area contributed by atoms with Crippen molar-refractivity contribution < 1.29 is 4.74 Å². The van der Waals surface area contributed by atoms with Gasteiger partial charge in [0.15, 0.2) is 0 Å². The third kappa shape index (κ3) is 5.46. The van der Waals surface area contributed by atoms with Gasteiger partial charge in [-0.2, -0.15) is 4.98 Å². The number of nitrogens with zero attached hydrogens (tertiary/aromatic N) is 3. The van der Waals surface area contributed by atoms with Crippen molar-refractivity contribution in [3.05, 3.63) is 12.3 Å². The number of aromatic nitrogens is 2. The molecular weight excluding hydrogens is 218 g/mol. The fraction of sp³-hybridized carbons (Fsp3) is 0.636. The Hall–Kier alpha value is -1.40. The van der Waals surface area contributed by atoms with Crippen molar-refractivity contribution in [2.24, 2.45) is 0 Å². The van der Waals surface area contributed by atoms with Crippen LogP contribution in [0.5, 0.6) is 0 Å². The third-order valence-corrected chi connectivity index (χ3v) is 2.13. The molecule has 0 aliphatic heterocycles. The first-order valence-corrected chi connectivity index (χ1v) is 5.68. The molecule has 0 fully saturated rings. The smallest absolute Gasteiger partial charge is 0.226 e. The molecule has 0 aromatic carbocycles. The Labute approximate surface area is 102 Å². The third-order valence-electron chi connectivity index (χ3n) is 2.13. The molecule has 6 heteroatoms. The van der Waals surface area contributed by atoms with Crippen LogP contribution in [0.3, 0.4) is 0 Å². The fourth-order valence-electron chi connectivity index (χ4n) is 1.24. The van der Waals surface area contributed by atoms with E-state index in [9.17, 15) is 0 Å². The summed E-state index contributed by atoms with van der Waals surface area (Å²) >= 11 is 0. The van der Waals surface area contributed by atoms with Crippen LogP contribution in [0.4, 0.5) is 11.8 Å². The summed E-state index contributed by atoms with van der Waals surface area (Å²) in [6, 6.07) is 1.86. The van der Waals surface area contributed by atoms with Gasteiger partial charge in [0.25, 0.3) is 0 Å². The molecule has 0 spiro atoms. The van der Waals surface area contributed by atoms with Gasteiger partial charge < -0.3 is 20.3 Å². The minimum absolute atomic E-state index is 0.711.